The third kappa shape index (κ3) is 3.77. The van der Waals surface area contributed by atoms with Crippen LogP contribution < -0.4 is 0 Å². The molecule has 2 aromatic carbocycles. The minimum atomic E-state index is -0.0618. The Hall–Kier alpha value is -2.39. The number of allylic oxidation sites excluding steroid dienone is 1. The van der Waals surface area contributed by atoms with Gasteiger partial charge in [0.05, 0.1) is 13.0 Å². The Morgan fingerprint density at radius 1 is 1.11 bits per heavy atom. The number of hydrogen-bond acceptors (Lipinski definition) is 3. The maximum Gasteiger partial charge on any atom is 0.310 e. The largest absolute Gasteiger partial charge is 0.469 e. The monoisotopic (exact) mass is 375 g/mol. The lowest BCUT2D eigenvalue weighted by Crippen LogP contribution is -2.49. The first-order valence-corrected chi connectivity index (χ1v) is 10.3. The highest BCUT2D eigenvalue weighted by atomic mass is 16.5. The zero-order chi connectivity index (χ0) is 19.5. The Bertz CT molecular complexity index is 827. The van der Waals surface area contributed by atoms with Gasteiger partial charge in [-0.05, 0) is 49.4 Å². The summed E-state index contributed by atoms with van der Waals surface area (Å²) in [6, 6.07) is 20.1. The van der Waals surface area contributed by atoms with E-state index in [9.17, 15) is 4.79 Å². The van der Waals surface area contributed by atoms with E-state index in [0.29, 0.717) is 12.1 Å². The number of nitrogens with zero attached hydrogens (tertiary/aromatic N) is 1. The second kappa shape index (κ2) is 8.32. The zero-order valence-electron chi connectivity index (χ0n) is 16.8. The Kier molecular flexibility index (Phi) is 5.63. The molecule has 2 aliphatic rings. The summed E-state index contributed by atoms with van der Waals surface area (Å²) >= 11 is 0. The van der Waals surface area contributed by atoms with Gasteiger partial charge in [0.25, 0.3) is 0 Å². The maximum atomic E-state index is 12.6. The quantitative estimate of drug-likeness (QED) is 0.711. The number of hydrogen-bond donors (Lipinski definition) is 0. The molecule has 3 heteroatoms. The van der Waals surface area contributed by atoms with Gasteiger partial charge in [-0.1, -0.05) is 66.7 Å². The molecule has 0 aliphatic carbocycles. The van der Waals surface area contributed by atoms with Crippen LogP contribution in [0.15, 0.2) is 60.7 Å². The van der Waals surface area contributed by atoms with E-state index in [4.69, 9.17) is 4.74 Å². The van der Waals surface area contributed by atoms with Gasteiger partial charge in [-0.25, -0.2) is 0 Å². The third-order valence-electron chi connectivity index (χ3n) is 6.61. The number of methoxy groups -OCH3 is 1. The van der Waals surface area contributed by atoms with Crippen molar-refractivity contribution in [2.24, 2.45) is 5.92 Å². The summed E-state index contributed by atoms with van der Waals surface area (Å²) in [5.74, 6) is 0.130. The van der Waals surface area contributed by atoms with Crippen molar-refractivity contribution in [3.63, 3.8) is 0 Å². The molecule has 2 aromatic rings. The standard InChI is InChI=1S/C25H29NO2/c1-26-21-15-16-23(26)24(25(27)28-2)22(17-21)20-13-11-19(12-14-20)10-6-9-18-7-4-3-5-8-18/h3-8,10-14,21-24H,9,15-17H2,1-2H3/b10-6+/t21-,22-,23?,24?/m1/s1. The van der Waals surface area contributed by atoms with Crippen molar-refractivity contribution in [2.75, 3.05) is 14.2 Å². The van der Waals surface area contributed by atoms with Crippen molar-refractivity contribution >= 4 is 12.0 Å². The molecule has 2 fully saturated rings. The van der Waals surface area contributed by atoms with Crippen LogP contribution in [-0.2, 0) is 16.0 Å². The molecule has 0 saturated carbocycles. The Labute approximate surface area is 168 Å². The number of benzene rings is 2. The van der Waals surface area contributed by atoms with Gasteiger partial charge in [-0.2, -0.15) is 0 Å². The molecule has 0 N–H and O–H groups in total. The predicted octanol–water partition coefficient (Wildman–Crippen LogP) is 4.68. The van der Waals surface area contributed by atoms with E-state index in [0.717, 1.165) is 19.3 Å². The van der Waals surface area contributed by atoms with E-state index >= 15 is 0 Å². The molecule has 0 radical (unpaired) electrons. The van der Waals surface area contributed by atoms with Crippen LogP contribution >= 0.6 is 0 Å². The van der Waals surface area contributed by atoms with Crippen LogP contribution in [0.3, 0.4) is 0 Å². The van der Waals surface area contributed by atoms with E-state index in [-0.39, 0.29) is 17.8 Å². The molecule has 4 rings (SSSR count). The lowest BCUT2D eigenvalue weighted by molar-refractivity contribution is -0.150. The fourth-order valence-electron chi connectivity index (χ4n) is 5.07. The number of piperidine rings is 1. The minimum Gasteiger partial charge on any atom is -0.469 e. The van der Waals surface area contributed by atoms with Crippen LogP contribution in [-0.4, -0.2) is 37.1 Å². The summed E-state index contributed by atoms with van der Waals surface area (Å²) in [5.41, 5.74) is 3.78. The van der Waals surface area contributed by atoms with Gasteiger partial charge in [0.15, 0.2) is 0 Å². The van der Waals surface area contributed by atoms with Crippen molar-refractivity contribution in [2.45, 2.75) is 43.7 Å². The van der Waals surface area contributed by atoms with E-state index in [1.807, 2.05) is 6.07 Å². The van der Waals surface area contributed by atoms with Gasteiger partial charge in [0.2, 0.25) is 0 Å². The zero-order valence-corrected chi connectivity index (χ0v) is 16.8. The average molecular weight is 376 g/mol. The molecule has 2 aliphatic heterocycles. The number of rotatable bonds is 5. The minimum absolute atomic E-state index is 0.0611. The van der Waals surface area contributed by atoms with Crippen molar-refractivity contribution in [1.29, 1.82) is 0 Å². The fourth-order valence-corrected chi connectivity index (χ4v) is 5.07. The van der Waals surface area contributed by atoms with Crippen LogP contribution in [0.25, 0.3) is 6.08 Å². The normalized spacial score (nSPS) is 27.2. The molecule has 2 heterocycles. The molecular formula is C25H29NO2. The van der Waals surface area contributed by atoms with Crippen LogP contribution in [0.1, 0.15) is 41.9 Å². The van der Waals surface area contributed by atoms with Crippen LogP contribution in [0.2, 0.25) is 0 Å². The molecule has 146 valence electrons. The topological polar surface area (TPSA) is 29.5 Å². The molecule has 0 spiro atoms. The first kappa shape index (κ1) is 18.9. The van der Waals surface area contributed by atoms with Gasteiger partial charge in [0, 0.05) is 18.0 Å². The van der Waals surface area contributed by atoms with E-state index in [1.54, 1.807) is 0 Å². The first-order chi connectivity index (χ1) is 13.7. The molecule has 2 unspecified atom stereocenters. The number of carbonyl (C=O) groups is 1. The van der Waals surface area contributed by atoms with Crippen molar-refractivity contribution in [3.8, 4) is 0 Å². The van der Waals surface area contributed by atoms with E-state index < -0.39 is 0 Å². The average Bonchev–Trinajstić information content (AvgIpc) is 2.97. The van der Waals surface area contributed by atoms with Crippen molar-refractivity contribution in [1.82, 2.24) is 4.90 Å². The highest BCUT2D eigenvalue weighted by Gasteiger charge is 2.49. The lowest BCUT2D eigenvalue weighted by Gasteiger charge is -2.41. The predicted molar refractivity (Wildman–Crippen MR) is 113 cm³/mol. The van der Waals surface area contributed by atoms with Crippen LogP contribution in [0.4, 0.5) is 0 Å². The second-order valence-corrected chi connectivity index (χ2v) is 8.11. The van der Waals surface area contributed by atoms with E-state index in [2.05, 4.69) is 72.6 Å². The molecule has 0 aromatic heterocycles. The van der Waals surface area contributed by atoms with E-state index in [1.165, 1.54) is 30.2 Å². The lowest BCUT2D eigenvalue weighted by atomic mass is 9.76. The van der Waals surface area contributed by atoms with Crippen LogP contribution in [0, 0.1) is 5.92 Å². The first-order valence-electron chi connectivity index (χ1n) is 10.3. The highest BCUT2D eigenvalue weighted by Crippen LogP contribution is 2.46. The summed E-state index contributed by atoms with van der Waals surface area (Å²) in [7, 11) is 3.68. The summed E-state index contributed by atoms with van der Waals surface area (Å²) in [6.45, 7) is 0. The van der Waals surface area contributed by atoms with Gasteiger partial charge < -0.3 is 4.74 Å². The van der Waals surface area contributed by atoms with Crippen molar-refractivity contribution in [3.05, 3.63) is 77.4 Å². The Morgan fingerprint density at radius 3 is 2.57 bits per heavy atom. The third-order valence-corrected chi connectivity index (χ3v) is 6.61. The molecule has 3 nitrogen and oxygen atoms in total. The van der Waals surface area contributed by atoms with Gasteiger partial charge in [-0.15, -0.1) is 0 Å². The highest BCUT2D eigenvalue weighted by molar-refractivity contribution is 5.75. The van der Waals surface area contributed by atoms with Crippen molar-refractivity contribution < 1.29 is 9.53 Å². The fraction of sp³-hybridized carbons (Fsp3) is 0.400. The molecular weight excluding hydrogens is 346 g/mol. The molecule has 0 amide bonds. The number of fused-ring (bicyclic) bond motifs is 2. The smallest absolute Gasteiger partial charge is 0.310 e. The second-order valence-electron chi connectivity index (χ2n) is 8.11. The molecule has 2 bridgehead atoms. The summed E-state index contributed by atoms with van der Waals surface area (Å²) in [6.07, 6.45) is 8.63. The summed E-state index contributed by atoms with van der Waals surface area (Å²) < 4.78 is 5.18. The maximum absolute atomic E-state index is 12.6. The van der Waals surface area contributed by atoms with Crippen LogP contribution in [0.5, 0.6) is 0 Å². The Morgan fingerprint density at radius 2 is 1.86 bits per heavy atom. The summed E-state index contributed by atoms with van der Waals surface area (Å²) in [5, 5.41) is 0. The number of ether oxygens (including phenoxy) is 1. The molecule has 2 saturated heterocycles. The molecule has 28 heavy (non-hydrogen) atoms. The van der Waals surface area contributed by atoms with Gasteiger partial charge in [-0.3, -0.25) is 9.69 Å². The SMILES string of the molecule is COC(=O)C1C2CC[C@H](C[C@@H]1c1ccc(/C=C/Cc3ccccc3)cc1)N2C. The Balaban J connectivity index is 1.48. The number of carbonyl (C=O) groups excluding carboxylic acids is 1. The van der Waals surface area contributed by atoms with Gasteiger partial charge >= 0.3 is 5.97 Å². The summed E-state index contributed by atoms with van der Waals surface area (Å²) in [4.78, 5) is 15.0. The van der Waals surface area contributed by atoms with Gasteiger partial charge in [0.1, 0.15) is 0 Å². The number of esters is 1. The molecule has 4 atom stereocenters.